The third-order valence-corrected chi connectivity index (χ3v) is 4.73. The van der Waals surface area contributed by atoms with E-state index in [1.165, 1.54) is 13.8 Å². The molecule has 0 spiro atoms. The van der Waals surface area contributed by atoms with Crippen molar-refractivity contribution in [3.63, 3.8) is 0 Å². The van der Waals surface area contributed by atoms with Crippen LogP contribution in [0.1, 0.15) is 50.5 Å². The van der Waals surface area contributed by atoms with Gasteiger partial charge in [0.05, 0.1) is 7.11 Å². The van der Waals surface area contributed by atoms with Gasteiger partial charge in [-0.2, -0.15) is 0 Å². The smallest absolute Gasteiger partial charge is 0.329 e. The summed E-state index contributed by atoms with van der Waals surface area (Å²) in [6.45, 7) is 9.25. The molecule has 2 amide bonds. The van der Waals surface area contributed by atoms with Crippen LogP contribution in [0.4, 0.5) is 5.69 Å². The lowest BCUT2D eigenvalue weighted by Crippen LogP contribution is -2.42. The highest BCUT2D eigenvalue weighted by Gasteiger charge is 2.24. The number of hydrogen-bond acceptors (Lipinski definition) is 5. The molecule has 31 heavy (non-hydrogen) atoms. The Bertz CT molecular complexity index is 914. The number of anilines is 1. The van der Waals surface area contributed by atoms with Gasteiger partial charge in [-0.3, -0.25) is 9.59 Å². The molecule has 0 bridgehead atoms. The van der Waals surface area contributed by atoms with Crippen LogP contribution in [0.3, 0.4) is 0 Å². The summed E-state index contributed by atoms with van der Waals surface area (Å²) >= 11 is 0. The van der Waals surface area contributed by atoms with Crippen molar-refractivity contribution >= 4 is 23.5 Å². The summed E-state index contributed by atoms with van der Waals surface area (Å²) in [5, 5.41) is 5.26. The number of carbonyl (C=O) groups is 3. The third-order valence-electron chi connectivity index (χ3n) is 4.73. The van der Waals surface area contributed by atoms with Crippen molar-refractivity contribution in [1.29, 1.82) is 0 Å². The zero-order valence-corrected chi connectivity index (χ0v) is 18.8. The summed E-state index contributed by atoms with van der Waals surface area (Å²) in [5.41, 5.74) is 2.08. The Morgan fingerprint density at radius 1 is 0.903 bits per heavy atom. The molecule has 2 atom stereocenters. The minimum absolute atomic E-state index is 0.0192. The molecule has 2 N–H and O–H groups in total. The van der Waals surface area contributed by atoms with Crippen LogP contribution in [-0.4, -0.2) is 37.0 Å². The predicted molar refractivity (Wildman–Crippen MR) is 119 cm³/mol. The van der Waals surface area contributed by atoms with Crippen LogP contribution < -0.4 is 15.4 Å². The molecular weight excluding hydrogens is 396 g/mol. The largest absolute Gasteiger partial charge is 0.497 e. The van der Waals surface area contributed by atoms with E-state index >= 15 is 0 Å². The lowest BCUT2D eigenvalue weighted by molar-refractivity contribution is -0.154. The van der Waals surface area contributed by atoms with E-state index in [9.17, 15) is 14.4 Å². The van der Waals surface area contributed by atoms with Gasteiger partial charge >= 0.3 is 5.97 Å². The Morgan fingerprint density at radius 2 is 1.48 bits per heavy atom. The minimum Gasteiger partial charge on any atom is -0.497 e. The van der Waals surface area contributed by atoms with E-state index in [0.717, 1.165) is 5.56 Å². The first kappa shape index (κ1) is 23.9. The fraction of sp³-hybridized carbons (Fsp3) is 0.375. The highest BCUT2D eigenvalue weighted by molar-refractivity contribution is 5.98. The minimum atomic E-state index is -1.03. The van der Waals surface area contributed by atoms with Crippen molar-refractivity contribution in [3.05, 3.63) is 59.7 Å². The maximum Gasteiger partial charge on any atom is 0.329 e. The number of benzene rings is 2. The van der Waals surface area contributed by atoms with Crippen LogP contribution in [0.25, 0.3) is 0 Å². The summed E-state index contributed by atoms with van der Waals surface area (Å²) in [6.07, 6.45) is -1.03. The molecule has 0 radical (unpaired) electrons. The zero-order valence-electron chi connectivity index (χ0n) is 18.8. The molecule has 0 unspecified atom stereocenters. The number of nitrogens with one attached hydrogen (secondary N) is 2. The van der Waals surface area contributed by atoms with E-state index in [0.29, 0.717) is 17.0 Å². The molecule has 2 aromatic carbocycles. The normalized spacial score (nSPS) is 13.0. The van der Waals surface area contributed by atoms with Crippen molar-refractivity contribution in [2.75, 3.05) is 12.4 Å². The Balaban J connectivity index is 1.88. The molecule has 0 aromatic heterocycles. The number of ether oxygens (including phenoxy) is 2. The van der Waals surface area contributed by atoms with Crippen LogP contribution in [0.15, 0.2) is 48.5 Å². The third kappa shape index (κ3) is 6.84. The summed E-state index contributed by atoms with van der Waals surface area (Å²) < 4.78 is 10.3. The predicted octanol–water partition coefficient (Wildman–Crippen LogP) is 3.68. The first-order chi connectivity index (χ1) is 14.5. The number of methoxy groups -OCH3 is 1. The molecule has 0 saturated carbocycles. The Labute approximate surface area is 183 Å². The van der Waals surface area contributed by atoms with Gasteiger partial charge in [0.15, 0.2) is 6.10 Å². The van der Waals surface area contributed by atoms with Gasteiger partial charge in [-0.05, 0) is 61.2 Å². The van der Waals surface area contributed by atoms with Crippen LogP contribution >= 0.6 is 0 Å². The maximum absolute atomic E-state index is 12.4. The van der Waals surface area contributed by atoms with Crippen molar-refractivity contribution in [2.45, 2.75) is 52.2 Å². The van der Waals surface area contributed by atoms with Crippen molar-refractivity contribution in [3.8, 4) is 5.75 Å². The molecule has 0 heterocycles. The number of carbonyl (C=O) groups excluding carboxylic acids is 3. The second-order valence-corrected chi connectivity index (χ2v) is 8.32. The second kappa shape index (κ2) is 10.1. The van der Waals surface area contributed by atoms with Gasteiger partial charge in [0.1, 0.15) is 11.8 Å². The summed E-state index contributed by atoms with van der Waals surface area (Å²) in [6, 6.07) is 13.1. The lowest BCUT2D eigenvalue weighted by atomic mass is 9.86. The van der Waals surface area contributed by atoms with Gasteiger partial charge in [-0.1, -0.05) is 32.9 Å². The maximum atomic E-state index is 12.4. The van der Waals surface area contributed by atoms with Gasteiger partial charge in [0.25, 0.3) is 11.8 Å². The van der Waals surface area contributed by atoms with Crippen LogP contribution in [0, 0.1) is 0 Å². The van der Waals surface area contributed by atoms with Gasteiger partial charge in [0, 0.05) is 11.3 Å². The second-order valence-electron chi connectivity index (χ2n) is 8.32. The van der Waals surface area contributed by atoms with Crippen molar-refractivity contribution < 1.29 is 23.9 Å². The topological polar surface area (TPSA) is 93.7 Å². The molecular formula is C24H30N2O5. The zero-order chi connectivity index (χ0) is 23.2. The quantitative estimate of drug-likeness (QED) is 0.659. The standard InChI is InChI=1S/C24H30N2O5/c1-15(25-22(28)17-7-9-18(10-8-17)24(3,4)5)23(29)31-16(2)21(27)26-19-11-13-20(30-6)14-12-19/h7-16H,1-6H3,(H,25,28)(H,26,27)/t15-,16-/m0/s1. The number of rotatable bonds is 7. The lowest BCUT2D eigenvalue weighted by Gasteiger charge is -2.20. The molecule has 7 nitrogen and oxygen atoms in total. The average Bonchev–Trinajstić information content (AvgIpc) is 2.73. The summed E-state index contributed by atoms with van der Waals surface area (Å²) in [5.74, 6) is -0.901. The molecule has 7 heteroatoms. The van der Waals surface area contributed by atoms with E-state index in [1.807, 2.05) is 12.1 Å². The van der Waals surface area contributed by atoms with Crippen LogP contribution in [-0.2, 0) is 19.7 Å². The van der Waals surface area contributed by atoms with Gasteiger partial charge < -0.3 is 20.1 Å². The molecule has 0 aliphatic heterocycles. The highest BCUT2D eigenvalue weighted by atomic mass is 16.5. The molecule has 0 aliphatic rings. The SMILES string of the molecule is COc1ccc(NC(=O)[C@H](C)OC(=O)[C@H](C)NC(=O)c2ccc(C(C)(C)C)cc2)cc1. The van der Waals surface area contributed by atoms with Gasteiger partial charge in [-0.15, -0.1) is 0 Å². The Hall–Kier alpha value is -3.35. The van der Waals surface area contributed by atoms with E-state index in [1.54, 1.807) is 43.5 Å². The summed E-state index contributed by atoms with van der Waals surface area (Å²) in [7, 11) is 1.55. The first-order valence-electron chi connectivity index (χ1n) is 10.1. The first-order valence-corrected chi connectivity index (χ1v) is 10.1. The van der Waals surface area contributed by atoms with Gasteiger partial charge in [-0.25, -0.2) is 4.79 Å². The Morgan fingerprint density at radius 3 is 2.00 bits per heavy atom. The highest BCUT2D eigenvalue weighted by Crippen LogP contribution is 2.22. The summed E-state index contributed by atoms with van der Waals surface area (Å²) in [4.78, 5) is 37.0. The van der Waals surface area contributed by atoms with Crippen LogP contribution in [0.5, 0.6) is 5.75 Å². The number of amides is 2. The van der Waals surface area contributed by atoms with Gasteiger partial charge in [0.2, 0.25) is 0 Å². The Kier molecular flexibility index (Phi) is 7.80. The fourth-order valence-corrected chi connectivity index (χ4v) is 2.71. The van der Waals surface area contributed by atoms with Crippen molar-refractivity contribution in [2.24, 2.45) is 0 Å². The van der Waals surface area contributed by atoms with Crippen LogP contribution in [0.2, 0.25) is 0 Å². The molecule has 166 valence electrons. The number of esters is 1. The number of hydrogen-bond donors (Lipinski definition) is 2. The monoisotopic (exact) mass is 426 g/mol. The molecule has 0 saturated heterocycles. The molecule has 2 aromatic rings. The molecule has 2 rings (SSSR count). The van der Waals surface area contributed by atoms with E-state index in [2.05, 4.69) is 31.4 Å². The van der Waals surface area contributed by atoms with E-state index in [4.69, 9.17) is 9.47 Å². The fourth-order valence-electron chi connectivity index (χ4n) is 2.71. The average molecular weight is 427 g/mol. The van der Waals surface area contributed by atoms with E-state index in [-0.39, 0.29) is 11.3 Å². The molecule has 0 aliphatic carbocycles. The van der Waals surface area contributed by atoms with E-state index < -0.39 is 24.0 Å². The van der Waals surface area contributed by atoms with Crippen molar-refractivity contribution in [1.82, 2.24) is 5.32 Å². The molecule has 0 fully saturated rings.